The third-order valence-electron chi connectivity index (χ3n) is 3.49. The van der Waals surface area contributed by atoms with Crippen LogP contribution in [0.2, 0.25) is 0 Å². The summed E-state index contributed by atoms with van der Waals surface area (Å²) < 4.78 is 31.4. The predicted octanol–water partition coefficient (Wildman–Crippen LogP) is 1.82. The molecule has 0 bridgehead atoms. The van der Waals surface area contributed by atoms with Gasteiger partial charge in [-0.3, -0.25) is 9.59 Å². The zero-order valence-electron chi connectivity index (χ0n) is 15.0. The topological polar surface area (TPSA) is 114 Å². The van der Waals surface area contributed by atoms with E-state index in [0.717, 1.165) is 0 Å². The predicted molar refractivity (Wildman–Crippen MR) is 102 cm³/mol. The summed E-state index contributed by atoms with van der Waals surface area (Å²) in [4.78, 5) is 23.3. The molecule has 2 amide bonds. The van der Waals surface area contributed by atoms with Crippen molar-refractivity contribution in [3.05, 3.63) is 54.1 Å². The van der Waals surface area contributed by atoms with Gasteiger partial charge in [-0.25, -0.2) is 13.1 Å². The lowest BCUT2D eigenvalue weighted by Gasteiger charge is -2.09. The third-order valence-corrected chi connectivity index (χ3v) is 4.97. The summed E-state index contributed by atoms with van der Waals surface area (Å²) in [6.45, 7) is 1.84. The van der Waals surface area contributed by atoms with E-state index in [2.05, 4.69) is 15.4 Å². The second-order valence-corrected chi connectivity index (χ2v) is 7.39. The van der Waals surface area contributed by atoms with Crippen LogP contribution >= 0.6 is 0 Å². The second-order valence-electron chi connectivity index (χ2n) is 5.63. The Morgan fingerprint density at radius 3 is 2.00 bits per heavy atom. The maximum absolute atomic E-state index is 12.3. The second kappa shape index (κ2) is 9.26. The van der Waals surface area contributed by atoms with Crippen molar-refractivity contribution < 1.29 is 22.7 Å². The van der Waals surface area contributed by atoms with Gasteiger partial charge in [-0.15, -0.1) is 0 Å². The van der Waals surface area contributed by atoms with Crippen LogP contribution in [-0.2, 0) is 19.6 Å². The first kappa shape index (κ1) is 20.6. The maximum Gasteiger partial charge on any atom is 0.255 e. The Balaban J connectivity index is 2.02. The Bertz CT molecular complexity index is 894. The molecule has 0 aliphatic rings. The van der Waals surface area contributed by atoms with E-state index >= 15 is 0 Å². The van der Waals surface area contributed by atoms with Crippen LogP contribution in [0.4, 0.5) is 11.4 Å². The molecule has 0 aliphatic heterocycles. The molecule has 0 spiro atoms. The van der Waals surface area contributed by atoms with Crippen molar-refractivity contribution in [1.82, 2.24) is 4.72 Å². The lowest BCUT2D eigenvalue weighted by Crippen LogP contribution is -2.27. The SMILES string of the molecule is COCCNS(=O)(=O)c1ccc(C(=O)Nc2ccc(NC(C)=O)cc2)cc1. The van der Waals surface area contributed by atoms with E-state index < -0.39 is 10.0 Å². The summed E-state index contributed by atoms with van der Waals surface area (Å²) >= 11 is 0. The van der Waals surface area contributed by atoms with Gasteiger partial charge < -0.3 is 15.4 Å². The average Bonchev–Trinajstić information content (AvgIpc) is 2.63. The minimum Gasteiger partial charge on any atom is -0.383 e. The van der Waals surface area contributed by atoms with Crippen LogP contribution in [0, 0.1) is 0 Å². The molecule has 0 aromatic heterocycles. The van der Waals surface area contributed by atoms with Crippen molar-refractivity contribution in [1.29, 1.82) is 0 Å². The molecule has 27 heavy (non-hydrogen) atoms. The fraction of sp³-hybridized carbons (Fsp3) is 0.222. The Kier molecular flexibility index (Phi) is 7.05. The largest absolute Gasteiger partial charge is 0.383 e. The van der Waals surface area contributed by atoms with Gasteiger partial charge >= 0.3 is 0 Å². The smallest absolute Gasteiger partial charge is 0.255 e. The summed E-state index contributed by atoms with van der Waals surface area (Å²) in [5.74, 6) is -0.558. The molecule has 0 fully saturated rings. The van der Waals surface area contributed by atoms with Gasteiger partial charge in [0.1, 0.15) is 0 Å². The molecule has 0 atom stereocenters. The highest BCUT2D eigenvalue weighted by atomic mass is 32.2. The van der Waals surface area contributed by atoms with E-state index in [1.807, 2.05) is 0 Å². The summed E-state index contributed by atoms with van der Waals surface area (Å²) in [6, 6.07) is 12.2. The first-order valence-electron chi connectivity index (χ1n) is 8.09. The number of hydrogen-bond donors (Lipinski definition) is 3. The highest BCUT2D eigenvalue weighted by Crippen LogP contribution is 2.16. The molecule has 0 radical (unpaired) electrons. The number of carbonyl (C=O) groups excluding carboxylic acids is 2. The Morgan fingerprint density at radius 2 is 1.48 bits per heavy atom. The van der Waals surface area contributed by atoms with Crippen molar-refractivity contribution in [2.24, 2.45) is 0 Å². The molecule has 3 N–H and O–H groups in total. The molecule has 0 heterocycles. The number of anilines is 2. The van der Waals surface area contributed by atoms with Crippen molar-refractivity contribution in [3.8, 4) is 0 Å². The van der Waals surface area contributed by atoms with Crippen LogP contribution in [0.3, 0.4) is 0 Å². The summed E-state index contributed by atoms with van der Waals surface area (Å²) in [7, 11) is -2.16. The van der Waals surface area contributed by atoms with Crippen molar-refractivity contribution in [3.63, 3.8) is 0 Å². The maximum atomic E-state index is 12.3. The van der Waals surface area contributed by atoms with Gasteiger partial charge in [-0.2, -0.15) is 0 Å². The number of methoxy groups -OCH3 is 1. The zero-order chi connectivity index (χ0) is 19.9. The van der Waals surface area contributed by atoms with Gasteiger partial charge in [-0.1, -0.05) is 0 Å². The Morgan fingerprint density at radius 1 is 0.926 bits per heavy atom. The van der Waals surface area contributed by atoms with E-state index in [4.69, 9.17) is 4.74 Å². The zero-order valence-corrected chi connectivity index (χ0v) is 15.8. The minimum atomic E-state index is -3.64. The summed E-state index contributed by atoms with van der Waals surface area (Å²) in [5.41, 5.74) is 1.49. The fourth-order valence-corrected chi connectivity index (χ4v) is 3.20. The molecule has 8 nitrogen and oxygen atoms in total. The summed E-state index contributed by atoms with van der Waals surface area (Å²) in [6.07, 6.45) is 0. The average molecular weight is 391 g/mol. The van der Waals surface area contributed by atoms with E-state index in [1.54, 1.807) is 24.3 Å². The number of sulfonamides is 1. The van der Waals surface area contributed by atoms with Gasteiger partial charge in [0.25, 0.3) is 5.91 Å². The molecule has 2 aromatic rings. The number of nitrogens with one attached hydrogen (secondary N) is 3. The number of carbonyl (C=O) groups is 2. The number of ether oxygens (including phenoxy) is 1. The van der Waals surface area contributed by atoms with Crippen molar-refractivity contribution >= 4 is 33.2 Å². The van der Waals surface area contributed by atoms with Crippen molar-refractivity contribution in [2.45, 2.75) is 11.8 Å². The molecule has 0 saturated heterocycles. The number of hydrogen-bond acceptors (Lipinski definition) is 5. The highest BCUT2D eigenvalue weighted by molar-refractivity contribution is 7.89. The third kappa shape index (κ3) is 6.17. The van der Waals surface area contributed by atoms with Gasteiger partial charge in [-0.05, 0) is 48.5 Å². The van der Waals surface area contributed by atoms with Crippen LogP contribution in [0.25, 0.3) is 0 Å². The van der Waals surface area contributed by atoms with Gasteiger partial charge in [0.05, 0.1) is 11.5 Å². The monoisotopic (exact) mass is 391 g/mol. The van der Waals surface area contributed by atoms with Crippen molar-refractivity contribution in [2.75, 3.05) is 30.9 Å². The molecular formula is C18H21N3O5S. The number of rotatable bonds is 8. The quantitative estimate of drug-likeness (QED) is 0.594. The van der Waals surface area contributed by atoms with Crippen LogP contribution in [-0.4, -0.2) is 40.5 Å². The molecular weight excluding hydrogens is 370 g/mol. The molecule has 144 valence electrons. The Hall–Kier alpha value is -2.75. The lowest BCUT2D eigenvalue weighted by atomic mass is 10.2. The number of benzene rings is 2. The molecule has 9 heteroatoms. The summed E-state index contributed by atoms with van der Waals surface area (Å²) in [5, 5.41) is 5.34. The van der Waals surface area contributed by atoms with Gasteiger partial charge in [0.15, 0.2) is 0 Å². The van der Waals surface area contributed by atoms with E-state index in [1.165, 1.54) is 38.3 Å². The lowest BCUT2D eigenvalue weighted by molar-refractivity contribution is -0.114. The normalized spacial score (nSPS) is 11.0. The minimum absolute atomic E-state index is 0.0646. The Labute approximate surface area is 158 Å². The van der Waals surface area contributed by atoms with Gasteiger partial charge in [0.2, 0.25) is 15.9 Å². The first-order chi connectivity index (χ1) is 12.8. The molecule has 0 aliphatic carbocycles. The van der Waals surface area contributed by atoms with Crippen LogP contribution in [0.15, 0.2) is 53.4 Å². The van der Waals surface area contributed by atoms with Crippen LogP contribution in [0.5, 0.6) is 0 Å². The standard InChI is InChI=1S/C18H21N3O5S/c1-13(22)20-15-5-7-16(8-6-15)21-18(23)14-3-9-17(10-4-14)27(24,25)19-11-12-26-2/h3-10,19H,11-12H2,1-2H3,(H,20,22)(H,21,23). The van der Waals surface area contributed by atoms with E-state index in [0.29, 0.717) is 16.9 Å². The highest BCUT2D eigenvalue weighted by Gasteiger charge is 2.14. The molecule has 2 rings (SSSR count). The molecule has 2 aromatic carbocycles. The van der Waals surface area contributed by atoms with Crippen LogP contribution in [0.1, 0.15) is 17.3 Å². The van der Waals surface area contributed by atoms with Crippen LogP contribution < -0.4 is 15.4 Å². The molecule has 0 saturated carbocycles. The molecule has 0 unspecified atom stereocenters. The number of amides is 2. The fourth-order valence-electron chi connectivity index (χ4n) is 2.19. The van der Waals surface area contributed by atoms with Gasteiger partial charge in [0, 0.05) is 37.5 Å². The van der Waals surface area contributed by atoms with E-state index in [-0.39, 0.29) is 29.9 Å². The first-order valence-corrected chi connectivity index (χ1v) is 9.58. The van der Waals surface area contributed by atoms with E-state index in [9.17, 15) is 18.0 Å².